The maximum Gasteiger partial charge on any atom is 0.347 e. The van der Waals surface area contributed by atoms with Crippen molar-refractivity contribution in [1.82, 2.24) is 4.90 Å². The van der Waals surface area contributed by atoms with E-state index in [0.717, 1.165) is 0 Å². The number of nitrogens with one attached hydrogen (secondary N) is 1. The standard InChI is InChI=1S/C19H22ClN3O5/c1-13(19(24)27-11-10-22(2)3)28-16-7-5-15(6-8-16)21-17-9-4-14(20)12-18(17)23(25)26/h4-9,12-13,21H,10-11H2,1-3H3. The number of benzene rings is 2. The Labute approximate surface area is 168 Å². The van der Waals surface area contributed by atoms with Crippen molar-refractivity contribution < 1.29 is 19.2 Å². The van der Waals surface area contributed by atoms with E-state index >= 15 is 0 Å². The van der Waals surface area contributed by atoms with Gasteiger partial charge in [-0.25, -0.2) is 4.79 Å². The van der Waals surface area contributed by atoms with Gasteiger partial charge in [0.2, 0.25) is 0 Å². The first kappa shape index (κ1) is 21.5. The number of nitro benzene ring substituents is 1. The Morgan fingerprint density at radius 2 is 1.93 bits per heavy atom. The first-order valence-electron chi connectivity index (χ1n) is 8.55. The molecule has 0 radical (unpaired) electrons. The van der Waals surface area contributed by atoms with E-state index in [-0.39, 0.29) is 10.7 Å². The number of halogens is 1. The van der Waals surface area contributed by atoms with Crippen LogP contribution in [0.15, 0.2) is 42.5 Å². The van der Waals surface area contributed by atoms with Crippen LogP contribution in [-0.4, -0.2) is 49.1 Å². The number of nitro groups is 1. The molecule has 8 nitrogen and oxygen atoms in total. The highest BCUT2D eigenvalue weighted by molar-refractivity contribution is 6.30. The summed E-state index contributed by atoms with van der Waals surface area (Å²) in [5, 5.41) is 14.4. The molecule has 0 saturated heterocycles. The molecule has 0 aliphatic rings. The molecule has 0 amide bonds. The smallest absolute Gasteiger partial charge is 0.347 e. The predicted molar refractivity (Wildman–Crippen MR) is 107 cm³/mol. The van der Waals surface area contributed by atoms with E-state index < -0.39 is 17.0 Å². The zero-order chi connectivity index (χ0) is 20.7. The fourth-order valence-electron chi connectivity index (χ4n) is 2.23. The second kappa shape index (κ2) is 9.91. The van der Waals surface area contributed by atoms with Gasteiger partial charge in [-0.2, -0.15) is 0 Å². The summed E-state index contributed by atoms with van der Waals surface area (Å²) in [7, 11) is 3.78. The molecule has 2 aromatic carbocycles. The zero-order valence-electron chi connectivity index (χ0n) is 15.8. The minimum Gasteiger partial charge on any atom is -0.479 e. The molecular formula is C19H22ClN3O5. The highest BCUT2D eigenvalue weighted by Gasteiger charge is 2.17. The Kier molecular flexibility index (Phi) is 7.60. The predicted octanol–water partition coefficient (Wildman–Crippen LogP) is 3.86. The Morgan fingerprint density at radius 3 is 2.54 bits per heavy atom. The number of anilines is 2. The average molecular weight is 408 g/mol. The number of hydrogen-bond donors (Lipinski definition) is 1. The van der Waals surface area contributed by atoms with Gasteiger partial charge >= 0.3 is 5.97 Å². The highest BCUT2D eigenvalue weighted by Crippen LogP contribution is 2.30. The van der Waals surface area contributed by atoms with Crippen LogP contribution in [0.5, 0.6) is 5.75 Å². The Bertz CT molecular complexity index is 827. The Hall–Kier alpha value is -2.84. The first-order valence-corrected chi connectivity index (χ1v) is 8.93. The van der Waals surface area contributed by atoms with Crippen molar-refractivity contribution in [3.8, 4) is 5.75 Å². The van der Waals surface area contributed by atoms with Crippen LogP contribution in [0.4, 0.5) is 17.1 Å². The first-order chi connectivity index (χ1) is 13.3. The van der Waals surface area contributed by atoms with Gasteiger partial charge in [0.15, 0.2) is 6.10 Å². The SMILES string of the molecule is CC(Oc1ccc(Nc2ccc(Cl)cc2[N+](=O)[O-])cc1)C(=O)OCCN(C)C. The fraction of sp³-hybridized carbons (Fsp3) is 0.316. The van der Waals surface area contributed by atoms with Gasteiger partial charge in [-0.1, -0.05) is 11.6 Å². The van der Waals surface area contributed by atoms with E-state index in [0.29, 0.717) is 30.3 Å². The van der Waals surface area contributed by atoms with Crippen molar-refractivity contribution >= 4 is 34.6 Å². The average Bonchev–Trinajstić information content (AvgIpc) is 2.64. The molecule has 0 bridgehead atoms. The largest absolute Gasteiger partial charge is 0.479 e. The van der Waals surface area contributed by atoms with Gasteiger partial charge in [0.1, 0.15) is 18.0 Å². The van der Waals surface area contributed by atoms with Crippen molar-refractivity contribution in [3.05, 3.63) is 57.6 Å². The third-order valence-electron chi connectivity index (χ3n) is 3.72. The lowest BCUT2D eigenvalue weighted by Crippen LogP contribution is -2.29. The van der Waals surface area contributed by atoms with E-state index in [1.807, 2.05) is 19.0 Å². The molecule has 2 aromatic rings. The van der Waals surface area contributed by atoms with Gasteiger partial charge < -0.3 is 19.7 Å². The van der Waals surface area contributed by atoms with Crippen LogP contribution in [0, 0.1) is 10.1 Å². The van der Waals surface area contributed by atoms with Gasteiger partial charge in [0.25, 0.3) is 5.69 Å². The molecule has 0 fully saturated rings. The van der Waals surface area contributed by atoms with Crippen LogP contribution in [0.3, 0.4) is 0 Å². The van der Waals surface area contributed by atoms with Crippen LogP contribution >= 0.6 is 11.6 Å². The molecule has 1 atom stereocenters. The summed E-state index contributed by atoms with van der Waals surface area (Å²) in [6.07, 6.45) is -0.752. The molecule has 0 aromatic heterocycles. The van der Waals surface area contributed by atoms with Crippen molar-refractivity contribution in [3.63, 3.8) is 0 Å². The highest BCUT2D eigenvalue weighted by atomic mass is 35.5. The van der Waals surface area contributed by atoms with Crippen LogP contribution in [0.2, 0.25) is 5.02 Å². The molecule has 0 aliphatic carbocycles. The molecule has 0 heterocycles. The van der Waals surface area contributed by atoms with Crippen LogP contribution in [0.25, 0.3) is 0 Å². The summed E-state index contributed by atoms with van der Waals surface area (Å²) < 4.78 is 10.7. The third kappa shape index (κ3) is 6.40. The number of esters is 1. The number of hydrogen-bond acceptors (Lipinski definition) is 7. The molecule has 1 N–H and O–H groups in total. The summed E-state index contributed by atoms with van der Waals surface area (Å²) in [5.41, 5.74) is 0.821. The Morgan fingerprint density at radius 1 is 1.25 bits per heavy atom. The minimum atomic E-state index is -0.752. The molecule has 0 saturated carbocycles. The molecule has 1 unspecified atom stereocenters. The number of rotatable bonds is 9. The molecule has 0 aliphatic heterocycles. The number of ether oxygens (including phenoxy) is 2. The number of carbonyl (C=O) groups is 1. The normalized spacial score (nSPS) is 11.8. The van der Waals surface area contributed by atoms with E-state index in [1.165, 1.54) is 12.1 Å². The summed E-state index contributed by atoms with van der Waals surface area (Å²) >= 11 is 5.82. The molecule has 28 heavy (non-hydrogen) atoms. The monoisotopic (exact) mass is 407 g/mol. The molecule has 0 spiro atoms. The third-order valence-corrected chi connectivity index (χ3v) is 3.95. The van der Waals surface area contributed by atoms with Crippen LogP contribution in [-0.2, 0) is 9.53 Å². The summed E-state index contributed by atoms with van der Waals surface area (Å²) in [4.78, 5) is 24.5. The van der Waals surface area contributed by atoms with E-state index in [9.17, 15) is 14.9 Å². The summed E-state index contributed by atoms with van der Waals surface area (Å²) in [5.74, 6) is 0.0362. The van der Waals surface area contributed by atoms with E-state index in [1.54, 1.807) is 37.3 Å². The Balaban J connectivity index is 1.97. The van der Waals surface area contributed by atoms with Crippen LogP contribution in [0.1, 0.15) is 6.92 Å². The molecule has 2 rings (SSSR count). The molecule has 9 heteroatoms. The van der Waals surface area contributed by atoms with E-state index in [2.05, 4.69) is 5.32 Å². The summed E-state index contributed by atoms with van der Waals surface area (Å²) in [6, 6.07) is 11.1. The van der Waals surface area contributed by atoms with Crippen molar-refractivity contribution in [1.29, 1.82) is 0 Å². The number of nitrogens with zero attached hydrogens (tertiary/aromatic N) is 2. The van der Waals surface area contributed by atoms with Crippen LogP contribution < -0.4 is 10.1 Å². The molecular weight excluding hydrogens is 386 g/mol. The van der Waals surface area contributed by atoms with Gasteiger partial charge in [-0.15, -0.1) is 0 Å². The zero-order valence-corrected chi connectivity index (χ0v) is 16.6. The van der Waals surface area contributed by atoms with Gasteiger partial charge in [-0.3, -0.25) is 10.1 Å². The fourth-order valence-corrected chi connectivity index (χ4v) is 2.40. The quantitative estimate of drug-likeness (QED) is 0.383. The maximum atomic E-state index is 11.9. The van der Waals surface area contributed by atoms with Gasteiger partial charge in [-0.05, 0) is 57.4 Å². The topological polar surface area (TPSA) is 93.9 Å². The molecule has 150 valence electrons. The lowest BCUT2D eigenvalue weighted by atomic mass is 10.2. The maximum absolute atomic E-state index is 11.9. The summed E-state index contributed by atoms with van der Waals surface area (Å²) in [6.45, 7) is 2.54. The number of likely N-dealkylation sites (N-methyl/N-ethyl adjacent to an activating group) is 1. The van der Waals surface area contributed by atoms with Crippen molar-refractivity contribution in [2.75, 3.05) is 32.6 Å². The lowest BCUT2D eigenvalue weighted by molar-refractivity contribution is -0.383. The number of carbonyl (C=O) groups excluding carboxylic acids is 1. The van der Waals surface area contributed by atoms with Crippen molar-refractivity contribution in [2.45, 2.75) is 13.0 Å². The van der Waals surface area contributed by atoms with Gasteiger partial charge in [0.05, 0.1) is 4.92 Å². The van der Waals surface area contributed by atoms with Crippen molar-refractivity contribution in [2.24, 2.45) is 0 Å². The minimum absolute atomic E-state index is 0.123. The van der Waals surface area contributed by atoms with E-state index in [4.69, 9.17) is 21.1 Å². The van der Waals surface area contributed by atoms with Gasteiger partial charge in [0, 0.05) is 23.3 Å². The lowest BCUT2D eigenvalue weighted by Gasteiger charge is -2.16. The second-order valence-electron chi connectivity index (χ2n) is 6.30. The second-order valence-corrected chi connectivity index (χ2v) is 6.74.